The minimum absolute atomic E-state index is 0.335. The molecule has 0 aliphatic heterocycles. The van der Waals surface area contributed by atoms with Gasteiger partial charge in [-0.05, 0) is 35.9 Å². The van der Waals surface area contributed by atoms with E-state index in [0.717, 1.165) is 16.5 Å². The van der Waals surface area contributed by atoms with Gasteiger partial charge in [0.25, 0.3) is 0 Å². The molecule has 0 unspecified atom stereocenters. The summed E-state index contributed by atoms with van der Waals surface area (Å²) >= 11 is 6.23. The van der Waals surface area contributed by atoms with Gasteiger partial charge in [0.1, 0.15) is 17.3 Å². The number of halogens is 2. The average molecular weight is 404 g/mol. The monoisotopic (exact) mass is 403 g/mol. The third-order valence-electron chi connectivity index (χ3n) is 4.71. The summed E-state index contributed by atoms with van der Waals surface area (Å²) < 4.78 is 15.4. The molecule has 0 saturated heterocycles. The molecule has 0 atom stereocenters. The lowest BCUT2D eigenvalue weighted by Crippen LogP contribution is -2.05. The molecule has 0 spiro atoms. The van der Waals surface area contributed by atoms with E-state index in [1.807, 2.05) is 42.5 Å². The van der Waals surface area contributed by atoms with Gasteiger partial charge in [0.15, 0.2) is 5.65 Å². The van der Waals surface area contributed by atoms with Crippen molar-refractivity contribution in [3.63, 3.8) is 0 Å². The molecule has 29 heavy (non-hydrogen) atoms. The van der Waals surface area contributed by atoms with Gasteiger partial charge >= 0.3 is 0 Å². The second-order valence-corrected chi connectivity index (χ2v) is 7.08. The van der Waals surface area contributed by atoms with Crippen LogP contribution in [0, 0.1) is 5.82 Å². The highest BCUT2D eigenvalue weighted by Crippen LogP contribution is 2.30. The number of anilines is 1. The summed E-state index contributed by atoms with van der Waals surface area (Å²) in [5, 5.41) is 13.3. The molecule has 0 radical (unpaired) electrons. The van der Waals surface area contributed by atoms with Crippen LogP contribution in [0.5, 0.6) is 0 Å². The van der Waals surface area contributed by atoms with Crippen molar-refractivity contribution in [2.75, 3.05) is 5.32 Å². The molecule has 5 nitrogen and oxygen atoms in total. The molecule has 0 aliphatic rings. The van der Waals surface area contributed by atoms with Crippen LogP contribution in [0.4, 0.5) is 10.2 Å². The Labute approximate surface area is 170 Å². The summed E-state index contributed by atoms with van der Waals surface area (Å²) in [6.07, 6.45) is 0. The Kier molecular flexibility index (Phi) is 4.33. The molecule has 1 N–H and O–H groups in total. The maximum absolute atomic E-state index is 13.7. The van der Waals surface area contributed by atoms with E-state index in [0.29, 0.717) is 34.3 Å². The van der Waals surface area contributed by atoms with Crippen molar-refractivity contribution >= 4 is 34.0 Å². The first-order valence-corrected chi connectivity index (χ1v) is 9.45. The second kappa shape index (κ2) is 7.14. The van der Waals surface area contributed by atoms with Crippen LogP contribution >= 0.6 is 11.6 Å². The quantitative estimate of drug-likeness (QED) is 0.439. The fourth-order valence-electron chi connectivity index (χ4n) is 3.33. The molecule has 0 aliphatic carbocycles. The predicted molar refractivity (Wildman–Crippen MR) is 112 cm³/mol. The SMILES string of the molecule is Fc1cccc(-c2nnn3c2nc(NCc2ccccc2)c2cc(Cl)ccc23)c1. The molecule has 0 saturated carbocycles. The standard InChI is InChI=1S/C22H15ClFN5/c23-16-9-10-19-18(12-16)21(25-13-14-5-2-1-3-6-14)26-22-20(27-28-29(19)22)15-7-4-8-17(24)11-15/h1-12H,13H2,(H,25,26). The van der Waals surface area contributed by atoms with Crippen molar-refractivity contribution in [1.82, 2.24) is 19.8 Å². The highest BCUT2D eigenvalue weighted by molar-refractivity contribution is 6.31. The number of benzene rings is 3. The lowest BCUT2D eigenvalue weighted by molar-refractivity contribution is 0.628. The molecule has 0 fully saturated rings. The largest absolute Gasteiger partial charge is 0.365 e. The zero-order valence-electron chi connectivity index (χ0n) is 15.2. The minimum Gasteiger partial charge on any atom is -0.365 e. The molecule has 7 heteroatoms. The van der Waals surface area contributed by atoms with Crippen molar-refractivity contribution in [2.45, 2.75) is 6.54 Å². The summed E-state index contributed by atoms with van der Waals surface area (Å²) in [4.78, 5) is 4.77. The van der Waals surface area contributed by atoms with Gasteiger partial charge in [0, 0.05) is 22.5 Å². The zero-order valence-corrected chi connectivity index (χ0v) is 15.9. The summed E-state index contributed by atoms with van der Waals surface area (Å²) in [7, 11) is 0. The van der Waals surface area contributed by atoms with E-state index in [1.165, 1.54) is 12.1 Å². The van der Waals surface area contributed by atoms with Gasteiger partial charge in [-0.1, -0.05) is 59.3 Å². The van der Waals surface area contributed by atoms with Gasteiger partial charge in [0.05, 0.1) is 5.52 Å². The van der Waals surface area contributed by atoms with Crippen LogP contribution in [0.3, 0.4) is 0 Å². The van der Waals surface area contributed by atoms with E-state index < -0.39 is 0 Å². The van der Waals surface area contributed by atoms with Crippen molar-refractivity contribution in [3.8, 4) is 11.3 Å². The Morgan fingerprint density at radius 3 is 2.66 bits per heavy atom. The molecular formula is C22H15ClFN5. The predicted octanol–water partition coefficient (Wildman–Crippen LogP) is 5.35. The Bertz CT molecular complexity index is 1330. The number of nitrogens with one attached hydrogen (secondary N) is 1. The Balaban J connectivity index is 1.69. The van der Waals surface area contributed by atoms with Crippen LogP contribution in [-0.4, -0.2) is 19.8 Å². The first kappa shape index (κ1) is 17.6. The number of rotatable bonds is 4. The van der Waals surface area contributed by atoms with Crippen LogP contribution < -0.4 is 5.32 Å². The van der Waals surface area contributed by atoms with E-state index in [4.69, 9.17) is 16.6 Å². The van der Waals surface area contributed by atoms with Crippen molar-refractivity contribution < 1.29 is 4.39 Å². The average Bonchev–Trinajstić information content (AvgIpc) is 3.16. The van der Waals surface area contributed by atoms with Crippen LogP contribution in [0.25, 0.3) is 27.8 Å². The first-order valence-electron chi connectivity index (χ1n) is 9.07. The van der Waals surface area contributed by atoms with Crippen molar-refractivity contribution in [1.29, 1.82) is 0 Å². The van der Waals surface area contributed by atoms with Crippen LogP contribution in [0.15, 0.2) is 72.8 Å². The van der Waals surface area contributed by atoms with Gasteiger partial charge in [-0.3, -0.25) is 0 Å². The molecule has 5 aromatic rings. The van der Waals surface area contributed by atoms with E-state index in [9.17, 15) is 4.39 Å². The highest BCUT2D eigenvalue weighted by Gasteiger charge is 2.16. The number of hydrogen-bond donors (Lipinski definition) is 1. The molecular weight excluding hydrogens is 389 g/mol. The third kappa shape index (κ3) is 3.28. The number of fused-ring (bicyclic) bond motifs is 3. The van der Waals surface area contributed by atoms with Crippen LogP contribution in [-0.2, 0) is 6.54 Å². The zero-order chi connectivity index (χ0) is 19.8. The van der Waals surface area contributed by atoms with Crippen LogP contribution in [0.2, 0.25) is 5.02 Å². The fourth-order valence-corrected chi connectivity index (χ4v) is 3.50. The van der Waals surface area contributed by atoms with E-state index in [-0.39, 0.29) is 5.82 Å². The van der Waals surface area contributed by atoms with E-state index in [2.05, 4.69) is 15.6 Å². The molecule has 5 rings (SSSR count). The number of nitrogens with zero attached hydrogens (tertiary/aromatic N) is 4. The fraction of sp³-hybridized carbons (Fsp3) is 0.0455. The third-order valence-corrected chi connectivity index (χ3v) is 4.94. The van der Waals surface area contributed by atoms with Gasteiger partial charge in [-0.2, -0.15) is 4.52 Å². The molecule has 2 aromatic heterocycles. The number of hydrogen-bond acceptors (Lipinski definition) is 4. The maximum atomic E-state index is 13.7. The summed E-state index contributed by atoms with van der Waals surface area (Å²) in [5.41, 5.74) is 3.62. The minimum atomic E-state index is -0.335. The molecule has 142 valence electrons. The highest BCUT2D eigenvalue weighted by atomic mass is 35.5. The topological polar surface area (TPSA) is 55.1 Å². The van der Waals surface area contributed by atoms with Gasteiger partial charge in [-0.15, -0.1) is 5.10 Å². The van der Waals surface area contributed by atoms with Gasteiger partial charge in [-0.25, -0.2) is 9.37 Å². The molecule has 2 heterocycles. The Hall–Kier alpha value is -3.51. The smallest absolute Gasteiger partial charge is 0.186 e. The lowest BCUT2D eigenvalue weighted by atomic mass is 10.1. The second-order valence-electron chi connectivity index (χ2n) is 6.64. The van der Waals surface area contributed by atoms with E-state index in [1.54, 1.807) is 22.7 Å². The molecule has 0 bridgehead atoms. The normalized spacial score (nSPS) is 11.2. The summed E-state index contributed by atoms with van der Waals surface area (Å²) in [6, 6.07) is 21.8. The maximum Gasteiger partial charge on any atom is 0.186 e. The van der Waals surface area contributed by atoms with E-state index >= 15 is 0 Å². The van der Waals surface area contributed by atoms with Gasteiger partial charge < -0.3 is 5.32 Å². The van der Waals surface area contributed by atoms with Crippen molar-refractivity contribution in [3.05, 3.63) is 89.2 Å². The molecule has 0 amide bonds. The van der Waals surface area contributed by atoms with Crippen molar-refractivity contribution in [2.24, 2.45) is 0 Å². The lowest BCUT2D eigenvalue weighted by Gasteiger charge is -2.11. The first-order chi connectivity index (χ1) is 14.2. The summed E-state index contributed by atoms with van der Waals surface area (Å²) in [6.45, 7) is 0.600. The molecule has 3 aromatic carbocycles. The Morgan fingerprint density at radius 1 is 0.966 bits per heavy atom. The number of aromatic nitrogens is 4. The van der Waals surface area contributed by atoms with Crippen LogP contribution in [0.1, 0.15) is 5.56 Å². The summed E-state index contributed by atoms with van der Waals surface area (Å²) in [5.74, 6) is 0.331. The van der Waals surface area contributed by atoms with Gasteiger partial charge in [0.2, 0.25) is 0 Å². The Morgan fingerprint density at radius 2 is 1.83 bits per heavy atom.